The summed E-state index contributed by atoms with van der Waals surface area (Å²) in [5.41, 5.74) is 0.152. The van der Waals surface area contributed by atoms with E-state index >= 15 is 0 Å². The minimum Gasteiger partial charge on any atom is -0.367 e. The number of pyridine rings is 1. The van der Waals surface area contributed by atoms with Crippen LogP contribution in [-0.4, -0.2) is 11.5 Å². The van der Waals surface area contributed by atoms with Crippen LogP contribution in [0.25, 0.3) is 0 Å². The lowest BCUT2D eigenvalue weighted by Crippen LogP contribution is -2.22. The van der Waals surface area contributed by atoms with E-state index in [1.54, 1.807) is 0 Å². The zero-order chi connectivity index (χ0) is 12.6. The molecule has 1 heterocycles. The van der Waals surface area contributed by atoms with Gasteiger partial charge in [-0.1, -0.05) is 13.8 Å². The van der Waals surface area contributed by atoms with E-state index in [1.165, 1.54) is 0 Å². The summed E-state index contributed by atoms with van der Waals surface area (Å²) in [6.07, 6.45) is 2.14. The highest BCUT2D eigenvalue weighted by Gasteiger charge is 2.45. The number of anilines is 1. The van der Waals surface area contributed by atoms with Gasteiger partial charge in [0, 0.05) is 12.6 Å². The maximum atomic E-state index is 13.3. The largest absolute Gasteiger partial charge is 0.367 e. The number of halogens is 3. The van der Waals surface area contributed by atoms with Crippen LogP contribution >= 0.6 is 0 Å². The standard InChI is InChI=1S/C12H15F3N2/c1-7(2)12(3-4-12)6-16-11-9(14)5-8(13)10(15)17-11/h5,7H,3-4,6H2,1-2H3,(H,16,17). The Labute approximate surface area is 98.2 Å². The molecule has 94 valence electrons. The van der Waals surface area contributed by atoms with E-state index < -0.39 is 17.6 Å². The molecule has 0 radical (unpaired) electrons. The number of hydrogen-bond acceptors (Lipinski definition) is 2. The molecule has 0 saturated heterocycles. The Balaban J connectivity index is 2.07. The average Bonchev–Trinajstić information content (AvgIpc) is 3.02. The molecule has 1 aliphatic rings. The first-order valence-corrected chi connectivity index (χ1v) is 5.70. The van der Waals surface area contributed by atoms with Crippen LogP contribution in [0.2, 0.25) is 0 Å². The van der Waals surface area contributed by atoms with Gasteiger partial charge in [-0.25, -0.2) is 8.78 Å². The normalized spacial score (nSPS) is 17.3. The minimum atomic E-state index is -1.27. The Morgan fingerprint density at radius 3 is 2.47 bits per heavy atom. The lowest BCUT2D eigenvalue weighted by Gasteiger charge is -2.20. The van der Waals surface area contributed by atoms with Gasteiger partial charge in [-0.2, -0.15) is 9.37 Å². The van der Waals surface area contributed by atoms with Gasteiger partial charge in [0.15, 0.2) is 17.5 Å². The molecule has 1 fully saturated rings. The molecule has 0 atom stereocenters. The molecule has 2 rings (SSSR count). The molecule has 1 N–H and O–H groups in total. The summed E-state index contributed by atoms with van der Waals surface area (Å²) in [7, 11) is 0. The molecule has 17 heavy (non-hydrogen) atoms. The first kappa shape index (κ1) is 12.2. The van der Waals surface area contributed by atoms with Gasteiger partial charge in [0.2, 0.25) is 0 Å². The molecule has 0 aliphatic heterocycles. The fraction of sp³-hybridized carbons (Fsp3) is 0.583. The molecular formula is C12H15F3N2. The molecule has 1 aliphatic carbocycles. The van der Waals surface area contributed by atoms with Crippen molar-refractivity contribution in [3.8, 4) is 0 Å². The molecule has 0 spiro atoms. The summed E-state index contributed by atoms with van der Waals surface area (Å²) in [5, 5.41) is 2.77. The van der Waals surface area contributed by atoms with Crippen molar-refractivity contribution in [2.45, 2.75) is 26.7 Å². The van der Waals surface area contributed by atoms with Crippen molar-refractivity contribution in [3.63, 3.8) is 0 Å². The quantitative estimate of drug-likeness (QED) is 0.821. The van der Waals surface area contributed by atoms with E-state index in [1.807, 2.05) is 0 Å². The number of nitrogens with zero attached hydrogens (tertiary/aromatic N) is 1. The Hall–Kier alpha value is -1.26. The van der Waals surface area contributed by atoms with Gasteiger partial charge in [0.1, 0.15) is 0 Å². The van der Waals surface area contributed by atoms with E-state index in [-0.39, 0.29) is 11.2 Å². The van der Waals surface area contributed by atoms with Crippen molar-refractivity contribution in [2.75, 3.05) is 11.9 Å². The van der Waals surface area contributed by atoms with Crippen LogP contribution in [0, 0.1) is 28.9 Å². The molecule has 1 aromatic rings. The number of nitrogens with one attached hydrogen (secondary N) is 1. The second-order valence-corrected chi connectivity index (χ2v) is 4.96. The molecule has 0 aromatic carbocycles. The molecule has 1 aromatic heterocycles. The highest BCUT2D eigenvalue weighted by Crippen LogP contribution is 2.51. The third-order valence-corrected chi connectivity index (χ3v) is 3.61. The van der Waals surface area contributed by atoms with Gasteiger partial charge < -0.3 is 5.32 Å². The predicted molar refractivity (Wildman–Crippen MR) is 59.1 cm³/mol. The summed E-state index contributed by atoms with van der Waals surface area (Å²) in [6, 6.07) is 0.514. The SMILES string of the molecule is CC(C)C1(CNc2nc(F)c(F)cc2F)CC1. The van der Waals surface area contributed by atoms with Gasteiger partial charge in [-0.05, 0) is 24.2 Å². The van der Waals surface area contributed by atoms with Crippen molar-refractivity contribution in [2.24, 2.45) is 11.3 Å². The number of aromatic nitrogens is 1. The van der Waals surface area contributed by atoms with Crippen LogP contribution in [0.15, 0.2) is 6.07 Å². The molecular weight excluding hydrogens is 229 g/mol. The van der Waals surface area contributed by atoms with Crippen LogP contribution in [0.5, 0.6) is 0 Å². The number of hydrogen-bond donors (Lipinski definition) is 1. The fourth-order valence-electron chi connectivity index (χ4n) is 1.95. The zero-order valence-corrected chi connectivity index (χ0v) is 9.86. The van der Waals surface area contributed by atoms with Gasteiger partial charge in [0.05, 0.1) is 0 Å². The van der Waals surface area contributed by atoms with Gasteiger partial charge in [-0.15, -0.1) is 0 Å². The first-order chi connectivity index (χ1) is 7.94. The Morgan fingerprint density at radius 1 is 1.29 bits per heavy atom. The van der Waals surface area contributed by atoms with E-state index in [4.69, 9.17) is 0 Å². The maximum absolute atomic E-state index is 13.3. The third kappa shape index (κ3) is 2.37. The zero-order valence-electron chi connectivity index (χ0n) is 9.86. The summed E-state index contributed by atoms with van der Waals surface area (Å²) in [6.45, 7) is 4.74. The van der Waals surface area contributed by atoms with Crippen LogP contribution < -0.4 is 5.32 Å². The molecule has 0 amide bonds. The van der Waals surface area contributed by atoms with E-state index in [2.05, 4.69) is 24.1 Å². The van der Waals surface area contributed by atoms with Crippen LogP contribution in [0.1, 0.15) is 26.7 Å². The van der Waals surface area contributed by atoms with Crippen molar-refractivity contribution < 1.29 is 13.2 Å². The van der Waals surface area contributed by atoms with E-state index in [9.17, 15) is 13.2 Å². The Kier molecular flexibility index (Phi) is 3.02. The van der Waals surface area contributed by atoms with Crippen LogP contribution in [0.3, 0.4) is 0 Å². The Bertz CT molecular complexity index is 428. The molecule has 1 saturated carbocycles. The van der Waals surface area contributed by atoms with Crippen molar-refractivity contribution >= 4 is 5.82 Å². The van der Waals surface area contributed by atoms with Crippen molar-refractivity contribution in [3.05, 3.63) is 23.6 Å². The van der Waals surface area contributed by atoms with Gasteiger partial charge >= 0.3 is 0 Å². The topological polar surface area (TPSA) is 24.9 Å². The summed E-state index contributed by atoms with van der Waals surface area (Å²) in [4.78, 5) is 3.23. The highest BCUT2D eigenvalue weighted by atomic mass is 19.2. The van der Waals surface area contributed by atoms with E-state index in [0.29, 0.717) is 18.5 Å². The van der Waals surface area contributed by atoms with Gasteiger partial charge in [-0.3, -0.25) is 0 Å². The van der Waals surface area contributed by atoms with Crippen molar-refractivity contribution in [1.82, 2.24) is 4.98 Å². The molecule has 0 unspecified atom stereocenters. The minimum absolute atomic E-state index is 0.152. The lowest BCUT2D eigenvalue weighted by atomic mass is 9.92. The lowest BCUT2D eigenvalue weighted by molar-refractivity contribution is 0.378. The van der Waals surface area contributed by atoms with Crippen LogP contribution in [-0.2, 0) is 0 Å². The Morgan fingerprint density at radius 2 is 1.94 bits per heavy atom. The second kappa shape index (κ2) is 4.20. The fourth-order valence-corrected chi connectivity index (χ4v) is 1.95. The summed E-state index contributed by atoms with van der Waals surface area (Å²) < 4.78 is 38.8. The maximum Gasteiger partial charge on any atom is 0.251 e. The smallest absolute Gasteiger partial charge is 0.251 e. The average molecular weight is 244 g/mol. The second-order valence-electron chi connectivity index (χ2n) is 4.96. The number of rotatable bonds is 4. The monoisotopic (exact) mass is 244 g/mol. The van der Waals surface area contributed by atoms with Crippen LogP contribution in [0.4, 0.5) is 19.0 Å². The van der Waals surface area contributed by atoms with Gasteiger partial charge in [0.25, 0.3) is 5.95 Å². The first-order valence-electron chi connectivity index (χ1n) is 5.70. The van der Waals surface area contributed by atoms with E-state index in [0.717, 1.165) is 12.8 Å². The summed E-state index contributed by atoms with van der Waals surface area (Å²) in [5.74, 6) is -3.14. The third-order valence-electron chi connectivity index (χ3n) is 3.61. The summed E-state index contributed by atoms with van der Waals surface area (Å²) >= 11 is 0. The molecule has 2 nitrogen and oxygen atoms in total. The molecule has 5 heteroatoms. The van der Waals surface area contributed by atoms with Crippen molar-refractivity contribution in [1.29, 1.82) is 0 Å². The highest BCUT2D eigenvalue weighted by molar-refractivity contribution is 5.37. The molecule has 0 bridgehead atoms. The predicted octanol–water partition coefficient (Wildman–Crippen LogP) is 3.35.